The second kappa shape index (κ2) is 9.05. The fourth-order valence-corrected chi connectivity index (χ4v) is 1.89. The van der Waals surface area contributed by atoms with Crippen LogP contribution in [-0.2, 0) is 14.4 Å². The number of imide groups is 1. The van der Waals surface area contributed by atoms with Crippen LogP contribution in [0.2, 0.25) is 0 Å². The number of amides is 3. The number of hydroxylamine groups is 1. The first-order chi connectivity index (χ1) is 11.7. The summed E-state index contributed by atoms with van der Waals surface area (Å²) in [5.74, 6) is -3.60. The van der Waals surface area contributed by atoms with E-state index < -0.39 is 30.0 Å². The third-order valence-electron chi connectivity index (χ3n) is 3.25. The van der Waals surface area contributed by atoms with E-state index in [1.165, 1.54) is 12.1 Å². The Bertz CT molecular complexity index is 605. The van der Waals surface area contributed by atoms with Crippen LogP contribution in [0.4, 0.5) is 23.7 Å². The minimum atomic E-state index is -5.24. The van der Waals surface area contributed by atoms with Crippen LogP contribution >= 0.6 is 0 Å². The number of carbonyl (C=O) groups excluding carboxylic acids is 3. The van der Waals surface area contributed by atoms with Gasteiger partial charge in [-0.15, -0.1) is 5.06 Å². The van der Waals surface area contributed by atoms with Crippen LogP contribution in [0.15, 0.2) is 30.3 Å². The molecular formula is C16H19F3N2O4. The largest absolute Gasteiger partial charge is 0.471 e. The molecule has 1 rings (SSSR count). The molecule has 1 aromatic rings. The molecule has 0 aromatic heterocycles. The van der Waals surface area contributed by atoms with Gasteiger partial charge in [0.25, 0.3) is 5.91 Å². The number of unbranched alkanes of at least 4 members (excludes halogenated alkanes) is 1. The molecule has 0 bridgehead atoms. The average molecular weight is 360 g/mol. The number of para-hydroxylation sites is 1. The minimum Gasteiger partial charge on any atom is -0.313 e. The van der Waals surface area contributed by atoms with Gasteiger partial charge in [-0.3, -0.25) is 14.9 Å². The number of alkyl halides is 3. The Morgan fingerprint density at radius 1 is 1.20 bits per heavy atom. The highest BCUT2D eigenvalue weighted by Crippen LogP contribution is 2.20. The lowest BCUT2D eigenvalue weighted by atomic mass is 10.0. The zero-order valence-corrected chi connectivity index (χ0v) is 13.8. The van der Waals surface area contributed by atoms with Gasteiger partial charge in [-0.05, 0) is 18.6 Å². The molecule has 6 nitrogen and oxygen atoms in total. The normalized spacial score (nSPS) is 12.2. The van der Waals surface area contributed by atoms with Crippen molar-refractivity contribution in [1.82, 2.24) is 5.32 Å². The van der Waals surface area contributed by atoms with Crippen LogP contribution in [0, 0.1) is 5.92 Å². The zero-order valence-electron chi connectivity index (χ0n) is 13.8. The van der Waals surface area contributed by atoms with E-state index in [0.29, 0.717) is 11.5 Å². The Morgan fingerprint density at radius 2 is 1.80 bits per heavy atom. The molecule has 0 heterocycles. The lowest BCUT2D eigenvalue weighted by molar-refractivity contribution is -0.172. The smallest absolute Gasteiger partial charge is 0.313 e. The van der Waals surface area contributed by atoms with Gasteiger partial charge in [0.05, 0.1) is 5.69 Å². The van der Waals surface area contributed by atoms with Crippen LogP contribution in [0.3, 0.4) is 0 Å². The molecule has 9 heteroatoms. The van der Waals surface area contributed by atoms with Crippen molar-refractivity contribution in [3.05, 3.63) is 30.3 Å². The Hall–Kier alpha value is -2.58. The van der Waals surface area contributed by atoms with Gasteiger partial charge in [0.15, 0.2) is 0 Å². The lowest BCUT2D eigenvalue weighted by Gasteiger charge is -2.24. The number of anilines is 1. The van der Waals surface area contributed by atoms with E-state index in [9.17, 15) is 27.6 Å². The second-order valence-electron chi connectivity index (χ2n) is 5.34. The average Bonchev–Trinajstić information content (AvgIpc) is 2.56. The van der Waals surface area contributed by atoms with Gasteiger partial charge < -0.3 is 4.84 Å². The number of hydrogen-bond donors (Lipinski definition) is 1. The second-order valence-corrected chi connectivity index (χ2v) is 5.34. The molecule has 0 aliphatic rings. The van der Waals surface area contributed by atoms with Crippen molar-refractivity contribution in [2.24, 2.45) is 5.92 Å². The monoisotopic (exact) mass is 360 g/mol. The van der Waals surface area contributed by atoms with Crippen LogP contribution in [-0.4, -0.2) is 24.1 Å². The molecule has 25 heavy (non-hydrogen) atoms. The molecule has 3 amide bonds. The van der Waals surface area contributed by atoms with Crippen molar-refractivity contribution >= 4 is 23.6 Å². The fraction of sp³-hybridized carbons (Fsp3) is 0.438. The molecule has 0 aliphatic carbocycles. The molecule has 1 aromatic carbocycles. The SMILES string of the molecule is CCCCC(C)C(=O)N(OC(=O)NC(=O)C(F)(F)F)c1ccccc1. The summed E-state index contributed by atoms with van der Waals surface area (Å²) < 4.78 is 36.6. The molecule has 138 valence electrons. The Labute approximate surface area is 142 Å². The molecule has 1 N–H and O–H groups in total. The first-order valence-corrected chi connectivity index (χ1v) is 7.66. The maximum absolute atomic E-state index is 12.5. The number of nitrogens with one attached hydrogen (secondary N) is 1. The molecule has 1 unspecified atom stereocenters. The number of rotatable bonds is 5. The Balaban J connectivity index is 2.91. The summed E-state index contributed by atoms with van der Waals surface area (Å²) in [4.78, 5) is 39.5. The van der Waals surface area contributed by atoms with E-state index in [-0.39, 0.29) is 5.69 Å². The Morgan fingerprint density at radius 3 is 2.32 bits per heavy atom. The molecule has 0 saturated heterocycles. The highest BCUT2D eigenvalue weighted by Gasteiger charge is 2.40. The first-order valence-electron chi connectivity index (χ1n) is 7.66. The van der Waals surface area contributed by atoms with Crippen molar-refractivity contribution < 1.29 is 32.4 Å². The minimum absolute atomic E-state index is 0.158. The van der Waals surface area contributed by atoms with Gasteiger partial charge in [0.1, 0.15) is 0 Å². The number of benzene rings is 1. The number of halogens is 3. The summed E-state index contributed by atoms with van der Waals surface area (Å²) in [7, 11) is 0. The number of hydrogen-bond acceptors (Lipinski definition) is 4. The van der Waals surface area contributed by atoms with Crippen LogP contribution in [0.5, 0.6) is 0 Å². The van der Waals surface area contributed by atoms with E-state index in [4.69, 9.17) is 0 Å². The number of carbonyl (C=O) groups is 3. The van der Waals surface area contributed by atoms with Gasteiger partial charge >= 0.3 is 18.2 Å². The van der Waals surface area contributed by atoms with Crippen LogP contribution in [0.1, 0.15) is 33.1 Å². The van der Waals surface area contributed by atoms with E-state index in [1.807, 2.05) is 6.92 Å². The first kappa shape index (κ1) is 20.5. The van der Waals surface area contributed by atoms with Crippen LogP contribution in [0.25, 0.3) is 0 Å². The maximum Gasteiger partial charge on any atom is 0.471 e. The molecule has 0 saturated carbocycles. The topological polar surface area (TPSA) is 75.7 Å². The van der Waals surface area contributed by atoms with Gasteiger partial charge in [-0.25, -0.2) is 4.79 Å². The Kier molecular flexibility index (Phi) is 7.41. The maximum atomic E-state index is 12.5. The van der Waals surface area contributed by atoms with Crippen molar-refractivity contribution in [2.45, 2.75) is 39.3 Å². The van der Waals surface area contributed by atoms with Gasteiger partial charge in [0.2, 0.25) is 0 Å². The third-order valence-corrected chi connectivity index (χ3v) is 3.25. The van der Waals surface area contributed by atoms with Gasteiger partial charge in [-0.2, -0.15) is 13.2 Å². The van der Waals surface area contributed by atoms with Crippen molar-refractivity contribution in [3.8, 4) is 0 Å². The number of nitrogens with zero attached hydrogens (tertiary/aromatic N) is 1. The molecule has 0 aliphatic heterocycles. The summed E-state index contributed by atoms with van der Waals surface area (Å²) in [6.07, 6.45) is -4.80. The predicted molar refractivity (Wildman–Crippen MR) is 83.3 cm³/mol. The summed E-state index contributed by atoms with van der Waals surface area (Å²) in [5.41, 5.74) is 0.158. The lowest BCUT2D eigenvalue weighted by Crippen LogP contribution is -2.45. The summed E-state index contributed by atoms with van der Waals surface area (Å²) in [6, 6.07) is 7.68. The highest BCUT2D eigenvalue weighted by molar-refractivity contribution is 5.98. The molecule has 1 atom stereocenters. The van der Waals surface area contributed by atoms with E-state index >= 15 is 0 Å². The van der Waals surface area contributed by atoms with Crippen molar-refractivity contribution in [1.29, 1.82) is 0 Å². The van der Waals surface area contributed by atoms with E-state index in [0.717, 1.165) is 18.2 Å². The summed E-state index contributed by atoms with van der Waals surface area (Å²) in [5, 5.41) is 1.63. The summed E-state index contributed by atoms with van der Waals surface area (Å²) in [6.45, 7) is 3.56. The van der Waals surface area contributed by atoms with E-state index in [2.05, 4.69) is 4.84 Å². The van der Waals surface area contributed by atoms with Crippen molar-refractivity contribution in [2.75, 3.05) is 5.06 Å². The standard InChI is InChI=1S/C16H19F3N2O4/c1-3-4-8-11(2)13(22)21(12-9-6-5-7-10-12)25-15(24)20-14(23)16(17,18)19/h5-7,9-11H,3-4,8H2,1-2H3,(H,20,23,24). The van der Waals surface area contributed by atoms with Crippen molar-refractivity contribution in [3.63, 3.8) is 0 Å². The van der Waals surface area contributed by atoms with Crippen LogP contribution < -0.4 is 10.4 Å². The third kappa shape index (κ3) is 6.44. The molecular weight excluding hydrogens is 341 g/mol. The zero-order chi connectivity index (χ0) is 19.0. The summed E-state index contributed by atoms with van der Waals surface area (Å²) >= 11 is 0. The molecule has 0 fully saturated rings. The predicted octanol–water partition coefficient (Wildman–Crippen LogP) is 3.58. The fourth-order valence-electron chi connectivity index (χ4n) is 1.89. The quantitative estimate of drug-likeness (QED) is 0.815. The molecule has 0 spiro atoms. The van der Waals surface area contributed by atoms with Gasteiger partial charge in [0, 0.05) is 5.92 Å². The van der Waals surface area contributed by atoms with Gasteiger partial charge in [-0.1, -0.05) is 44.9 Å². The highest BCUT2D eigenvalue weighted by atomic mass is 19.4. The molecule has 0 radical (unpaired) electrons. The van der Waals surface area contributed by atoms with E-state index in [1.54, 1.807) is 25.1 Å².